The average Bonchev–Trinajstić information content (AvgIpc) is 2.43. The topological polar surface area (TPSA) is 32.5 Å². The number of hydrogen-bond donors (Lipinski definition) is 1. The average molecular weight is 251 g/mol. The lowest BCUT2D eigenvalue weighted by Gasteiger charge is -2.51. The van der Waals surface area contributed by atoms with Crippen LogP contribution in [0, 0.1) is 5.92 Å². The van der Waals surface area contributed by atoms with E-state index in [-0.39, 0.29) is 0 Å². The molecule has 2 bridgehead atoms. The Hall–Kier alpha value is -0.120. The van der Waals surface area contributed by atoms with Gasteiger partial charge in [-0.1, -0.05) is 6.92 Å². The highest BCUT2D eigenvalue weighted by Gasteiger charge is 2.39. The zero-order valence-electron chi connectivity index (χ0n) is 11.9. The van der Waals surface area contributed by atoms with Crippen molar-refractivity contribution in [3.05, 3.63) is 0 Å². The van der Waals surface area contributed by atoms with Crippen molar-refractivity contribution in [2.24, 2.45) is 11.7 Å². The fourth-order valence-corrected chi connectivity index (χ4v) is 4.51. The molecule has 3 saturated heterocycles. The van der Waals surface area contributed by atoms with E-state index in [1.807, 2.05) is 0 Å². The maximum Gasteiger partial charge on any atom is 0.0255 e. The highest BCUT2D eigenvalue weighted by atomic mass is 15.3. The van der Waals surface area contributed by atoms with Crippen LogP contribution in [0.25, 0.3) is 0 Å². The highest BCUT2D eigenvalue weighted by molar-refractivity contribution is 4.95. The lowest BCUT2D eigenvalue weighted by Crippen LogP contribution is -2.60. The first-order chi connectivity index (χ1) is 8.78. The Morgan fingerprint density at radius 1 is 1.06 bits per heavy atom. The predicted octanol–water partition coefficient (Wildman–Crippen LogP) is 1.67. The Kier molecular flexibility index (Phi) is 3.92. The summed E-state index contributed by atoms with van der Waals surface area (Å²) in [5, 5.41) is 0. The van der Waals surface area contributed by atoms with Crippen LogP contribution in [0.3, 0.4) is 0 Å². The number of likely N-dealkylation sites (N-methyl/N-ethyl adjacent to an activating group) is 1. The molecular weight excluding hydrogens is 222 g/mol. The van der Waals surface area contributed by atoms with E-state index >= 15 is 0 Å². The van der Waals surface area contributed by atoms with Crippen LogP contribution in [-0.2, 0) is 0 Å². The quantitative estimate of drug-likeness (QED) is 0.828. The summed E-state index contributed by atoms with van der Waals surface area (Å²) in [6, 6.07) is 2.14. The molecule has 3 nitrogen and oxygen atoms in total. The minimum absolute atomic E-state index is 0.478. The first kappa shape index (κ1) is 12.9. The Morgan fingerprint density at radius 2 is 1.72 bits per heavy atom. The first-order valence-electron chi connectivity index (χ1n) is 8.01. The molecule has 3 heterocycles. The van der Waals surface area contributed by atoms with Gasteiger partial charge in [-0.05, 0) is 64.1 Å². The van der Waals surface area contributed by atoms with E-state index in [0.717, 1.165) is 18.0 Å². The molecule has 1 saturated carbocycles. The van der Waals surface area contributed by atoms with E-state index in [4.69, 9.17) is 5.73 Å². The monoisotopic (exact) mass is 251 g/mol. The Balaban J connectivity index is 1.65. The van der Waals surface area contributed by atoms with Crippen LogP contribution in [0.15, 0.2) is 0 Å². The van der Waals surface area contributed by atoms with E-state index in [0.29, 0.717) is 6.04 Å². The van der Waals surface area contributed by atoms with Gasteiger partial charge in [0.2, 0.25) is 0 Å². The SMILES string of the molecule is CCN(C1CCC(N)CC1)C1CN2CCC1CC2. The summed E-state index contributed by atoms with van der Waals surface area (Å²) in [6.45, 7) is 7.63. The molecular formula is C15H29N3. The van der Waals surface area contributed by atoms with Crippen molar-refractivity contribution in [3.63, 3.8) is 0 Å². The van der Waals surface area contributed by atoms with Gasteiger partial charge in [0, 0.05) is 24.7 Å². The van der Waals surface area contributed by atoms with Crippen LogP contribution < -0.4 is 5.73 Å². The molecule has 0 aromatic carbocycles. The summed E-state index contributed by atoms with van der Waals surface area (Å²) in [7, 11) is 0. The van der Waals surface area contributed by atoms with Gasteiger partial charge >= 0.3 is 0 Å². The Labute approximate surface area is 112 Å². The summed E-state index contributed by atoms with van der Waals surface area (Å²) in [5.41, 5.74) is 6.05. The number of nitrogens with two attached hydrogens (primary N) is 1. The van der Waals surface area contributed by atoms with E-state index in [9.17, 15) is 0 Å². The van der Waals surface area contributed by atoms with Gasteiger partial charge in [-0.15, -0.1) is 0 Å². The lowest BCUT2D eigenvalue weighted by atomic mass is 9.81. The smallest absolute Gasteiger partial charge is 0.0255 e. The molecule has 3 heteroatoms. The van der Waals surface area contributed by atoms with Gasteiger partial charge in [-0.25, -0.2) is 0 Å². The van der Waals surface area contributed by atoms with Crippen molar-refractivity contribution in [1.29, 1.82) is 0 Å². The minimum Gasteiger partial charge on any atom is -0.328 e. The number of hydrogen-bond acceptors (Lipinski definition) is 3. The standard InChI is InChI=1S/C15H29N3/c1-2-18(14-5-3-13(16)4-6-14)15-11-17-9-7-12(15)8-10-17/h12-15H,2-11,16H2,1H3. The third-order valence-corrected chi connectivity index (χ3v) is 5.62. The van der Waals surface area contributed by atoms with Crippen molar-refractivity contribution in [3.8, 4) is 0 Å². The van der Waals surface area contributed by atoms with Crippen molar-refractivity contribution >= 4 is 0 Å². The molecule has 0 aromatic rings. The summed E-state index contributed by atoms with van der Waals surface area (Å²) in [5.74, 6) is 0.977. The molecule has 1 aliphatic carbocycles. The number of fused-ring (bicyclic) bond motifs is 3. The molecule has 0 aromatic heterocycles. The molecule has 0 amide bonds. The molecule has 4 aliphatic rings. The van der Waals surface area contributed by atoms with Gasteiger partial charge in [-0.2, -0.15) is 0 Å². The number of rotatable bonds is 3. The van der Waals surface area contributed by atoms with Crippen molar-refractivity contribution in [2.75, 3.05) is 26.2 Å². The summed E-state index contributed by atoms with van der Waals surface area (Å²) >= 11 is 0. The molecule has 4 fully saturated rings. The van der Waals surface area contributed by atoms with E-state index in [1.54, 1.807) is 0 Å². The van der Waals surface area contributed by atoms with Crippen LogP contribution in [0.4, 0.5) is 0 Å². The second-order valence-corrected chi connectivity index (χ2v) is 6.60. The van der Waals surface area contributed by atoms with Crippen LogP contribution in [-0.4, -0.2) is 54.1 Å². The van der Waals surface area contributed by atoms with Gasteiger partial charge in [0.25, 0.3) is 0 Å². The molecule has 4 rings (SSSR count). The van der Waals surface area contributed by atoms with Gasteiger partial charge < -0.3 is 10.6 Å². The molecule has 2 N–H and O–H groups in total. The fourth-order valence-electron chi connectivity index (χ4n) is 4.51. The zero-order chi connectivity index (χ0) is 12.5. The lowest BCUT2D eigenvalue weighted by molar-refractivity contribution is -0.0200. The fraction of sp³-hybridized carbons (Fsp3) is 1.00. The van der Waals surface area contributed by atoms with Crippen molar-refractivity contribution in [2.45, 2.75) is 63.6 Å². The maximum absolute atomic E-state index is 6.05. The summed E-state index contributed by atoms with van der Waals surface area (Å²) in [6.07, 6.45) is 8.02. The van der Waals surface area contributed by atoms with Gasteiger partial charge in [0.05, 0.1) is 0 Å². The number of nitrogens with zero attached hydrogens (tertiary/aromatic N) is 2. The second kappa shape index (κ2) is 5.48. The normalized spacial score (nSPS) is 44.5. The number of piperidine rings is 3. The van der Waals surface area contributed by atoms with Crippen LogP contribution in [0.5, 0.6) is 0 Å². The molecule has 1 unspecified atom stereocenters. The molecule has 1 atom stereocenters. The van der Waals surface area contributed by atoms with E-state index in [2.05, 4.69) is 16.7 Å². The van der Waals surface area contributed by atoms with Crippen molar-refractivity contribution in [1.82, 2.24) is 9.80 Å². The molecule has 0 radical (unpaired) electrons. The summed E-state index contributed by atoms with van der Waals surface area (Å²) in [4.78, 5) is 5.52. The third-order valence-electron chi connectivity index (χ3n) is 5.62. The van der Waals surface area contributed by atoms with E-state index in [1.165, 1.54) is 64.7 Å². The largest absolute Gasteiger partial charge is 0.328 e. The van der Waals surface area contributed by atoms with E-state index < -0.39 is 0 Å². The van der Waals surface area contributed by atoms with Gasteiger partial charge in [0.15, 0.2) is 0 Å². The first-order valence-corrected chi connectivity index (χ1v) is 8.01. The van der Waals surface area contributed by atoms with Gasteiger partial charge in [-0.3, -0.25) is 4.90 Å². The molecule has 18 heavy (non-hydrogen) atoms. The Bertz CT molecular complexity index is 265. The zero-order valence-corrected chi connectivity index (χ0v) is 11.9. The predicted molar refractivity (Wildman–Crippen MR) is 75.6 cm³/mol. The minimum atomic E-state index is 0.478. The molecule has 0 spiro atoms. The van der Waals surface area contributed by atoms with Gasteiger partial charge in [0.1, 0.15) is 0 Å². The summed E-state index contributed by atoms with van der Waals surface area (Å²) < 4.78 is 0. The molecule has 3 aliphatic heterocycles. The second-order valence-electron chi connectivity index (χ2n) is 6.60. The third kappa shape index (κ3) is 2.45. The maximum atomic E-state index is 6.05. The van der Waals surface area contributed by atoms with Crippen LogP contribution >= 0.6 is 0 Å². The molecule has 104 valence electrons. The highest BCUT2D eigenvalue weighted by Crippen LogP contribution is 2.34. The van der Waals surface area contributed by atoms with Crippen molar-refractivity contribution < 1.29 is 0 Å². The Morgan fingerprint density at radius 3 is 2.22 bits per heavy atom. The van der Waals surface area contributed by atoms with Crippen LogP contribution in [0.1, 0.15) is 45.4 Å². The van der Waals surface area contributed by atoms with Crippen LogP contribution in [0.2, 0.25) is 0 Å².